The minimum Gasteiger partial charge on any atom is -0.539 e. The Morgan fingerprint density at radius 3 is 0.870 bits per heavy atom. The van der Waals surface area contributed by atoms with Gasteiger partial charge in [0.1, 0.15) is 0 Å². The fraction of sp³-hybridized carbons (Fsp3) is 0.667. The number of hydrogen-bond donors (Lipinski definition) is 4. The van der Waals surface area contributed by atoms with Crippen molar-refractivity contribution in [2.45, 2.75) is 27.7 Å². The zero-order valence-corrected chi connectivity index (χ0v) is 13.8. The minimum absolute atomic E-state index is 0. The van der Waals surface area contributed by atoms with Crippen LogP contribution < -0.4 is 21.7 Å². The number of carbonyl (C=O) groups is 4. The molecule has 0 aliphatic heterocycles. The first kappa shape index (κ1) is 32.6. The van der Waals surface area contributed by atoms with Crippen molar-refractivity contribution in [3.05, 3.63) is 0 Å². The summed E-state index contributed by atoms with van der Waals surface area (Å²) in [5, 5.41) is 32.6. The Bertz CT molecular complexity index is 274. The molecule has 0 amide bonds. The van der Waals surface area contributed by atoms with Gasteiger partial charge in [-0.25, -0.2) is 9.59 Å². The summed E-state index contributed by atoms with van der Waals surface area (Å²) in [6.45, 7) is 10.8. The van der Waals surface area contributed by atoms with Gasteiger partial charge >= 0.3 is 11.9 Å². The van der Waals surface area contributed by atoms with Crippen LogP contribution in [-0.2, 0) is 19.2 Å². The van der Waals surface area contributed by atoms with E-state index in [0.717, 1.165) is 24.9 Å². The molecule has 11 nitrogen and oxygen atoms in total. The van der Waals surface area contributed by atoms with Gasteiger partial charge in [-0.1, -0.05) is 27.7 Å². The average molecular weight is 344 g/mol. The SMILES string of the molecule is CC(C)C[NH3+].CC(C)C[NH3+].O.O=C([O-])C(=O)O.O=C([O-])C(=O)O. The Morgan fingerprint density at radius 2 is 0.870 bits per heavy atom. The number of hydrogen-bond acceptors (Lipinski definition) is 6. The minimum atomic E-state index is -2.07. The molecule has 0 bridgehead atoms. The van der Waals surface area contributed by atoms with E-state index < -0.39 is 23.9 Å². The average Bonchev–Trinajstić information content (AvgIpc) is 2.40. The zero-order chi connectivity index (χ0) is 18.9. The number of carboxylic acids is 4. The number of quaternary nitrogens is 2. The molecule has 23 heavy (non-hydrogen) atoms. The highest BCUT2D eigenvalue weighted by Crippen LogP contribution is 1.80. The topological polar surface area (TPSA) is 242 Å². The van der Waals surface area contributed by atoms with Crippen LogP contribution in [0.25, 0.3) is 0 Å². The molecule has 0 fully saturated rings. The van der Waals surface area contributed by atoms with Crippen molar-refractivity contribution in [2.75, 3.05) is 13.1 Å². The van der Waals surface area contributed by atoms with Gasteiger partial charge in [-0.2, -0.15) is 0 Å². The molecule has 0 aliphatic rings. The highest BCUT2D eigenvalue weighted by Gasteiger charge is 1.90. The van der Waals surface area contributed by atoms with Crippen molar-refractivity contribution in [3.8, 4) is 0 Å². The van der Waals surface area contributed by atoms with E-state index >= 15 is 0 Å². The maximum absolute atomic E-state index is 9.04. The Balaban J connectivity index is -0.0000000620. The second-order valence-electron chi connectivity index (χ2n) is 4.55. The number of carboxylic acid groups (broad SMARTS) is 4. The van der Waals surface area contributed by atoms with Gasteiger partial charge in [0.2, 0.25) is 0 Å². The fourth-order valence-electron chi connectivity index (χ4n) is 0. The molecular formula is C12H28N2O9. The quantitative estimate of drug-likeness (QED) is 0.351. The highest BCUT2D eigenvalue weighted by molar-refractivity contribution is 6.26. The lowest BCUT2D eigenvalue weighted by Gasteiger charge is -1.87. The third-order valence-electron chi connectivity index (χ3n) is 1.50. The van der Waals surface area contributed by atoms with E-state index in [9.17, 15) is 0 Å². The van der Waals surface area contributed by atoms with Crippen LogP contribution in [-0.4, -0.2) is 52.7 Å². The number of rotatable bonds is 2. The lowest BCUT2D eigenvalue weighted by Crippen LogP contribution is -2.52. The summed E-state index contributed by atoms with van der Waals surface area (Å²) in [6.07, 6.45) is 0. The van der Waals surface area contributed by atoms with Gasteiger partial charge in [-0.3, -0.25) is 0 Å². The standard InChI is InChI=1S/2C4H11N.2C2H2O4.H2O/c2*1-4(2)3-5;2*3-1(4)2(5)6;/h2*4H,3,5H2,1-2H3;2*(H,3,4)(H,5,6);1H2. The van der Waals surface area contributed by atoms with Crippen molar-refractivity contribution in [2.24, 2.45) is 11.8 Å². The van der Waals surface area contributed by atoms with Crippen LogP contribution in [0.1, 0.15) is 27.7 Å². The second-order valence-corrected chi connectivity index (χ2v) is 4.55. The van der Waals surface area contributed by atoms with Crippen molar-refractivity contribution in [1.29, 1.82) is 0 Å². The first-order valence-electron chi connectivity index (χ1n) is 6.30. The van der Waals surface area contributed by atoms with Crippen LogP contribution in [0.2, 0.25) is 0 Å². The molecule has 140 valence electrons. The predicted molar refractivity (Wildman–Crippen MR) is 74.1 cm³/mol. The van der Waals surface area contributed by atoms with Crippen LogP contribution in [0.15, 0.2) is 0 Å². The summed E-state index contributed by atoms with van der Waals surface area (Å²) in [4.78, 5) is 36.1. The summed E-state index contributed by atoms with van der Waals surface area (Å²) >= 11 is 0. The number of aliphatic carboxylic acids is 4. The van der Waals surface area contributed by atoms with Crippen LogP contribution in [0, 0.1) is 11.8 Å². The third-order valence-corrected chi connectivity index (χ3v) is 1.50. The first-order chi connectivity index (χ1) is 9.83. The molecule has 0 aromatic carbocycles. The molecule has 0 saturated heterocycles. The van der Waals surface area contributed by atoms with Gasteiger partial charge in [0.15, 0.2) is 11.9 Å². The highest BCUT2D eigenvalue weighted by atomic mass is 16.4. The molecule has 0 aliphatic carbocycles. The lowest BCUT2D eigenvalue weighted by molar-refractivity contribution is -0.377. The smallest absolute Gasteiger partial charge is 0.351 e. The van der Waals surface area contributed by atoms with E-state index in [1.165, 1.54) is 0 Å². The predicted octanol–water partition coefficient (Wildman–Crippen LogP) is -5.41. The molecule has 0 atom stereocenters. The summed E-state index contributed by atoms with van der Waals surface area (Å²) in [7, 11) is 0. The molecule has 0 heterocycles. The summed E-state index contributed by atoms with van der Waals surface area (Å²) in [5.74, 6) is -6.47. The maximum Gasteiger partial charge on any atom is 0.351 e. The van der Waals surface area contributed by atoms with Crippen molar-refractivity contribution in [1.82, 2.24) is 0 Å². The molecule has 0 unspecified atom stereocenters. The zero-order valence-electron chi connectivity index (χ0n) is 13.8. The monoisotopic (exact) mass is 344 g/mol. The van der Waals surface area contributed by atoms with E-state index in [4.69, 9.17) is 39.6 Å². The molecule has 0 spiro atoms. The van der Waals surface area contributed by atoms with Crippen molar-refractivity contribution in [3.63, 3.8) is 0 Å². The number of carbonyl (C=O) groups excluding carboxylic acids is 2. The van der Waals surface area contributed by atoms with Crippen molar-refractivity contribution < 1.29 is 56.5 Å². The van der Waals surface area contributed by atoms with Crippen LogP contribution in [0.5, 0.6) is 0 Å². The summed E-state index contributed by atoms with van der Waals surface area (Å²) in [6, 6.07) is 0. The molecule has 0 saturated carbocycles. The largest absolute Gasteiger partial charge is 0.539 e. The van der Waals surface area contributed by atoms with E-state index in [1.807, 2.05) is 0 Å². The van der Waals surface area contributed by atoms with Crippen LogP contribution in [0.4, 0.5) is 0 Å². The van der Waals surface area contributed by atoms with Gasteiger partial charge in [0.05, 0.1) is 13.1 Å². The Morgan fingerprint density at radius 1 is 0.783 bits per heavy atom. The third kappa shape index (κ3) is 65.4. The fourth-order valence-corrected chi connectivity index (χ4v) is 0. The summed E-state index contributed by atoms with van der Waals surface area (Å²) < 4.78 is 0. The van der Waals surface area contributed by atoms with E-state index in [-0.39, 0.29) is 5.48 Å². The molecule has 11 heteroatoms. The Hall–Kier alpha value is -2.24. The van der Waals surface area contributed by atoms with Gasteiger partial charge in [0, 0.05) is 11.8 Å². The second kappa shape index (κ2) is 22.0. The van der Waals surface area contributed by atoms with Gasteiger partial charge in [0.25, 0.3) is 0 Å². The van der Waals surface area contributed by atoms with Gasteiger partial charge < -0.3 is 47.0 Å². The van der Waals surface area contributed by atoms with E-state index in [0.29, 0.717) is 0 Å². The lowest BCUT2D eigenvalue weighted by atomic mass is 10.2. The van der Waals surface area contributed by atoms with E-state index in [1.54, 1.807) is 0 Å². The molecule has 0 radical (unpaired) electrons. The van der Waals surface area contributed by atoms with E-state index in [2.05, 4.69) is 39.2 Å². The van der Waals surface area contributed by atoms with Crippen LogP contribution >= 0.6 is 0 Å². The van der Waals surface area contributed by atoms with Gasteiger partial charge in [-0.15, -0.1) is 0 Å². The maximum atomic E-state index is 9.04. The van der Waals surface area contributed by atoms with Crippen molar-refractivity contribution >= 4 is 23.9 Å². The first-order valence-corrected chi connectivity index (χ1v) is 6.30. The normalized spacial score (nSPS) is 8.00. The molecule has 10 N–H and O–H groups in total. The Labute approximate surface area is 134 Å². The van der Waals surface area contributed by atoms with Crippen LogP contribution in [0.3, 0.4) is 0 Å². The summed E-state index contributed by atoms with van der Waals surface area (Å²) in [5.41, 5.74) is 7.37. The molecule has 0 rings (SSSR count). The molecule has 0 aromatic rings. The van der Waals surface area contributed by atoms with Gasteiger partial charge in [-0.05, 0) is 0 Å². The molecule has 0 aromatic heterocycles. The molecular weight excluding hydrogens is 316 g/mol. The Kier molecular flexibility index (Phi) is 31.3.